The molecule has 1 fully saturated rings. The lowest BCUT2D eigenvalue weighted by molar-refractivity contribution is -0.160. The van der Waals surface area contributed by atoms with E-state index < -0.39 is 35.8 Å². The lowest BCUT2D eigenvalue weighted by Gasteiger charge is -2.31. The van der Waals surface area contributed by atoms with Crippen molar-refractivity contribution in [3.63, 3.8) is 0 Å². The van der Waals surface area contributed by atoms with E-state index in [1.165, 1.54) is 0 Å². The summed E-state index contributed by atoms with van der Waals surface area (Å²) in [6, 6.07) is 4.55. The molecule has 0 unspecified atom stereocenters. The molecule has 0 aliphatic carbocycles. The standard InChI is InChI=1S/C19H24N2O6/c1-11(2)17(19(26)27)20-13-7-4-3-6-12(13)10-14(18(24)25)21-15(22)8-5-9-16(21)23/h3-4,6-7,11,14,17,20H,5,8-10H2,1-2H3,(H,24,25)(H,26,27)/t14-,17-/m0/s1. The first-order valence-electron chi connectivity index (χ1n) is 8.87. The number of anilines is 1. The van der Waals surface area contributed by atoms with E-state index >= 15 is 0 Å². The Morgan fingerprint density at radius 3 is 2.19 bits per heavy atom. The third-order valence-electron chi connectivity index (χ3n) is 4.59. The Balaban J connectivity index is 2.31. The molecular formula is C19H24N2O6. The zero-order valence-corrected chi connectivity index (χ0v) is 15.3. The molecule has 8 heteroatoms. The number of benzene rings is 1. The smallest absolute Gasteiger partial charge is 0.327 e. The summed E-state index contributed by atoms with van der Waals surface area (Å²) < 4.78 is 0. The molecule has 1 saturated heterocycles. The summed E-state index contributed by atoms with van der Waals surface area (Å²) in [5.41, 5.74) is 1.00. The van der Waals surface area contributed by atoms with Gasteiger partial charge < -0.3 is 15.5 Å². The number of imide groups is 1. The van der Waals surface area contributed by atoms with Gasteiger partial charge in [0.25, 0.3) is 0 Å². The number of para-hydroxylation sites is 1. The third-order valence-corrected chi connectivity index (χ3v) is 4.59. The van der Waals surface area contributed by atoms with Crippen LogP contribution in [0.15, 0.2) is 24.3 Å². The molecule has 3 N–H and O–H groups in total. The molecule has 1 heterocycles. The summed E-state index contributed by atoms with van der Waals surface area (Å²) in [6.45, 7) is 3.53. The monoisotopic (exact) mass is 376 g/mol. The lowest BCUT2D eigenvalue weighted by atomic mass is 9.98. The molecule has 1 aliphatic heterocycles. The topological polar surface area (TPSA) is 124 Å². The Labute approximate surface area is 157 Å². The van der Waals surface area contributed by atoms with Crippen molar-refractivity contribution < 1.29 is 29.4 Å². The number of rotatable bonds is 8. The van der Waals surface area contributed by atoms with E-state index in [2.05, 4.69) is 5.32 Å². The van der Waals surface area contributed by atoms with E-state index in [4.69, 9.17) is 0 Å². The van der Waals surface area contributed by atoms with Crippen molar-refractivity contribution in [3.8, 4) is 0 Å². The SMILES string of the molecule is CC(C)[C@H](Nc1ccccc1C[C@@H](C(=O)O)N1C(=O)CCCC1=O)C(=O)O. The van der Waals surface area contributed by atoms with Crippen molar-refractivity contribution in [3.05, 3.63) is 29.8 Å². The Morgan fingerprint density at radius 2 is 1.67 bits per heavy atom. The zero-order valence-electron chi connectivity index (χ0n) is 15.3. The number of carbonyl (C=O) groups is 4. The molecule has 0 saturated carbocycles. The number of nitrogens with one attached hydrogen (secondary N) is 1. The number of likely N-dealkylation sites (tertiary alicyclic amines) is 1. The van der Waals surface area contributed by atoms with Crippen molar-refractivity contribution in [2.24, 2.45) is 5.92 Å². The maximum absolute atomic E-state index is 12.1. The molecule has 27 heavy (non-hydrogen) atoms. The van der Waals surface area contributed by atoms with Crippen LogP contribution in [-0.4, -0.2) is 50.9 Å². The molecule has 0 bridgehead atoms. The van der Waals surface area contributed by atoms with E-state index in [-0.39, 0.29) is 25.2 Å². The molecule has 2 rings (SSSR count). The summed E-state index contributed by atoms with van der Waals surface area (Å²) in [5, 5.41) is 21.9. The van der Waals surface area contributed by atoms with Gasteiger partial charge in [0.2, 0.25) is 11.8 Å². The first kappa shape index (κ1) is 20.4. The van der Waals surface area contributed by atoms with Crippen LogP contribution in [0.5, 0.6) is 0 Å². The highest BCUT2D eigenvalue weighted by Crippen LogP contribution is 2.24. The van der Waals surface area contributed by atoms with Crippen LogP contribution in [-0.2, 0) is 25.6 Å². The predicted molar refractivity (Wildman–Crippen MR) is 97.2 cm³/mol. The Hall–Kier alpha value is -2.90. The van der Waals surface area contributed by atoms with Gasteiger partial charge in [-0.3, -0.25) is 14.5 Å². The summed E-state index contributed by atoms with van der Waals surface area (Å²) >= 11 is 0. The van der Waals surface area contributed by atoms with Crippen LogP contribution in [0.4, 0.5) is 5.69 Å². The van der Waals surface area contributed by atoms with Crippen molar-refractivity contribution in [2.75, 3.05) is 5.32 Å². The lowest BCUT2D eigenvalue weighted by Crippen LogP contribution is -2.51. The third kappa shape index (κ3) is 4.84. The molecule has 8 nitrogen and oxygen atoms in total. The van der Waals surface area contributed by atoms with Gasteiger partial charge in [0, 0.05) is 24.9 Å². The molecule has 1 aromatic rings. The molecule has 0 spiro atoms. The second-order valence-corrected chi connectivity index (χ2v) is 6.93. The predicted octanol–water partition coefficient (Wildman–Crippen LogP) is 1.74. The quantitative estimate of drug-likeness (QED) is 0.590. The maximum atomic E-state index is 12.1. The minimum atomic E-state index is -1.32. The van der Waals surface area contributed by atoms with Gasteiger partial charge in [0.15, 0.2) is 0 Å². The summed E-state index contributed by atoms with van der Waals surface area (Å²) in [5.74, 6) is -3.47. The van der Waals surface area contributed by atoms with Gasteiger partial charge in [-0.05, 0) is 24.0 Å². The van der Waals surface area contributed by atoms with Crippen LogP contribution in [0, 0.1) is 5.92 Å². The molecule has 1 aliphatic rings. The van der Waals surface area contributed by atoms with Crippen LogP contribution in [0.3, 0.4) is 0 Å². The zero-order chi connectivity index (χ0) is 20.1. The van der Waals surface area contributed by atoms with E-state index in [1.54, 1.807) is 38.1 Å². The van der Waals surface area contributed by atoms with Crippen molar-refractivity contribution in [1.82, 2.24) is 4.90 Å². The number of carbonyl (C=O) groups excluding carboxylic acids is 2. The Kier molecular flexibility index (Phi) is 6.55. The number of aliphatic carboxylic acids is 2. The largest absolute Gasteiger partial charge is 0.480 e. The van der Waals surface area contributed by atoms with Crippen LogP contribution in [0.1, 0.15) is 38.7 Å². The number of hydrogen-bond donors (Lipinski definition) is 3. The van der Waals surface area contributed by atoms with Crippen LogP contribution in [0.25, 0.3) is 0 Å². The molecule has 146 valence electrons. The highest BCUT2D eigenvalue weighted by molar-refractivity contribution is 6.01. The van der Waals surface area contributed by atoms with Crippen molar-refractivity contribution in [1.29, 1.82) is 0 Å². The molecule has 1 aromatic carbocycles. The van der Waals surface area contributed by atoms with Crippen LogP contribution >= 0.6 is 0 Å². The Morgan fingerprint density at radius 1 is 1.07 bits per heavy atom. The van der Waals surface area contributed by atoms with E-state index in [9.17, 15) is 29.4 Å². The van der Waals surface area contributed by atoms with E-state index in [0.29, 0.717) is 17.7 Å². The normalized spacial score (nSPS) is 16.9. The molecule has 2 amide bonds. The van der Waals surface area contributed by atoms with Gasteiger partial charge in [0.05, 0.1) is 0 Å². The molecule has 0 aromatic heterocycles. The van der Waals surface area contributed by atoms with Gasteiger partial charge in [-0.25, -0.2) is 9.59 Å². The summed E-state index contributed by atoms with van der Waals surface area (Å²) in [6.07, 6.45) is 0.613. The van der Waals surface area contributed by atoms with Crippen LogP contribution in [0.2, 0.25) is 0 Å². The van der Waals surface area contributed by atoms with Crippen molar-refractivity contribution in [2.45, 2.75) is 51.6 Å². The van der Waals surface area contributed by atoms with Gasteiger partial charge in [0.1, 0.15) is 12.1 Å². The number of carboxylic acid groups (broad SMARTS) is 2. The average Bonchev–Trinajstić information content (AvgIpc) is 2.58. The summed E-state index contributed by atoms with van der Waals surface area (Å²) in [7, 11) is 0. The first-order valence-corrected chi connectivity index (χ1v) is 8.87. The number of carboxylic acids is 2. The van der Waals surface area contributed by atoms with Gasteiger partial charge in [-0.1, -0.05) is 32.0 Å². The maximum Gasteiger partial charge on any atom is 0.327 e. The second-order valence-electron chi connectivity index (χ2n) is 6.93. The van der Waals surface area contributed by atoms with E-state index in [1.807, 2.05) is 0 Å². The van der Waals surface area contributed by atoms with Crippen molar-refractivity contribution >= 4 is 29.4 Å². The fraction of sp³-hybridized carbons (Fsp3) is 0.474. The number of amides is 2. The van der Waals surface area contributed by atoms with Gasteiger partial charge >= 0.3 is 11.9 Å². The minimum absolute atomic E-state index is 0.0968. The number of nitrogens with zero attached hydrogens (tertiary/aromatic N) is 1. The summed E-state index contributed by atoms with van der Waals surface area (Å²) in [4.78, 5) is 48.3. The average molecular weight is 376 g/mol. The molecule has 2 atom stereocenters. The fourth-order valence-corrected chi connectivity index (χ4v) is 3.14. The van der Waals surface area contributed by atoms with Gasteiger partial charge in [-0.15, -0.1) is 0 Å². The van der Waals surface area contributed by atoms with Crippen LogP contribution < -0.4 is 5.32 Å². The number of piperidine rings is 1. The van der Waals surface area contributed by atoms with E-state index in [0.717, 1.165) is 4.90 Å². The highest BCUT2D eigenvalue weighted by atomic mass is 16.4. The molecule has 0 radical (unpaired) electrons. The molecular weight excluding hydrogens is 352 g/mol. The second kappa shape index (κ2) is 8.66. The Bertz CT molecular complexity index is 729. The highest BCUT2D eigenvalue weighted by Gasteiger charge is 2.37. The number of hydrogen-bond acceptors (Lipinski definition) is 5. The fourth-order valence-electron chi connectivity index (χ4n) is 3.14. The first-order chi connectivity index (χ1) is 12.7. The van der Waals surface area contributed by atoms with Gasteiger partial charge in [-0.2, -0.15) is 0 Å². The minimum Gasteiger partial charge on any atom is -0.480 e.